The zero-order chi connectivity index (χ0) is 5.98. The fourth-order valence-electron chi connectivity index (χ4n) is 0.419. The Bertz CT molecular complexity index is 115. The monoisotopic (exact) mass is 113 g/mol. The van der Waals surface area contributed by atoms with Crippen molar-refractivity contribution < 1.29 is 5.11 Å². The van der Waals surface area contributed by atoms with Crippen LogP contribution in [-0.2, 0) is 0 Å². The number of rotatable bonds is 0. The van der Waals surface area contributed by atoms with Gasteiger partial charge < -0.3 is 5.11 Å². The predicted molar refractivity (Wildman–Crippen MR) is 29.7 cm³/mol. The van der Waals surface area contributed by atoms with Crippen molar-refractivity contribution in [1.82, 2.24) is 5.01 Å². The molecule has 0 saturated carbocycles. The first-order valence-electron chi connectivity index (χ1n) is 2.22. The quantitative estimate of drug-likeness (QED) is 0.397. The van der Waals surface area contributed by atoms with E-state index in [9.17, 15) is 0 Å². The molecule has 0 aromatic carbocycles. The van der Waals surface area contributed by atoms with Gasteiger partial charge in [0.25, 0.3) is 0 Å². The third-order valence-corrected chi connectivity index (χ3v) is 0.830. The molecule has 1 aliphatic heterocycles. The Morgan fingerprint density at radius 3 is 2.88 bits per heavy atom. The Kier molecular flexibility index (Phi) is 1.27. The van der Waals surface area contributed by atoms with E-state index in [-0.39, 0.29) is 0 Å². The van der Waals surface area contributed by atoms with Crippen LogP contribution in [0.4, 0.5) is 0 Å². The van der Waals surface area contributed by atoms with Crippen LogP contribution in [0.1, 0.15) is 0 Å². The van der Waals surface area contributed by atoms with Crippen molar-refractivity contribution in [3.05, 3.63) is 12.3 Å². The normalized spacial score (nSPS) is 26.8. The van der Waals surface area contributed by atoms with Crippen molar-refractivity contribution in [2.45, 2.75) is 6.35 Å². The SMILES string of the molecule is NN1C=CC=NC1O. The fourth-order valence-corrected chi connectivity index (χ4v) is 0.419. The number of nitrogens with zero attached hydrogens (tertiary/aromatic N) is 2. The van der Waals surface area contributed by atoms with Gasteiger partial charge in [-0.05, 0) is 6.08 Å². The molecule has 0 aliphatic carbocycles. The summed E-state index contributed by atoms with van der Waals surface area (Å²) in [6, 6.07) is 0. The largest absolute Gasteiger partial charge is 0.354 e. The molecule has 0 radical (unpaired) electrons. The number of aliphatic hydroxyl groups excluding tert-OH is 1. The highest BCUT2D eigenvalue weighted by Gasteiger charge is 2.04. The van der Waals surface area contributed by atoms with E-state index in [1.54, 1.807) is 6.08 Å². The average molecular weight is 113 g/mol. The van der Waals surface area contributed by atoms with E-state index in [4.69, 9.17) is 10.9 Å². The zero-order valence-corrected chi connectivity index (χ0v) is 4.23. The summed E-state index contributed by atoms with van der Waals surface area (Å²) in [5.74, 6) is 5.16. The summed E-state index contributed by atoms with van der Waals surface area (Å²) in [5.41, 5.74) is 0. The van der Waals surface area contributed by atoms with Gasteiger partial charge in [-0.2, -0.15) is 0 Å². The van der Waals surface area contributed by atoms with Crippen molar-refractivity contribution in [3.63, 3.8) is 0 Å². The van der Waals surface area contributed by atoms with Gasteiger partial charge in [0.2, 0.25) is 6.35 Å². The Morgan fingerprint density at radius 1 is 1.75 bits per heavy atom. The highest BCUT2D eigenvalue weighted by Crippen LogP contribution is 1.94. The van der Waals surface area contributed by atoms with Crippen molar-refractivity contribution in [1.29, 1.82) is 0 Å². The molecule has 44 valence electrons. The third-order valence-electron chi connectivity index (χ3n) is 0.830. The minimum atomic E-state index is -0.903. The second-order valence-corrected chi connectivity index (χ2v) is 1.43. The number of aliphatic imine (C=N–C) groups is 1. The third kappa shape index (κ3) is 0.853. The highest BCUT2D eigenvalue weighted by molar-refractivity contribution is 5.71. The van der Waals surface area contributed by atoms with Crippen LogP contribution < -0.4 is 5.84 Å². The number of hydrogen-bond acceptors (Lipinski definition) is 4. The second-order valence-electron chi connectivity index (χ2n) is 1.43. The van der Waals surface area contributed by atoms with Gasteiger partial charge in [-0.15, -0.1) is 0 Å². The van der Waals surface area contributed by atoms with E-state index < -0.39 is 6.35 Å². The molecule has 1 heterocycles. The maximum atomic E-state index is 8.73. The molecule has 0 saturated heterocycles. The Balaban J connectivity index is 2.59. The lowest BCUT2D eigenvalue weighted by atomic mass is 10.6. The molecule has 0 aromatic heterocycles. The van der Waals surface area contributed by atoms with E-state index >= 15 is 0 Å². The maximum absolute atomic E-state index is 8.73. The molecule has 0 amide bonds. The van der Waals surface area contributed by atoms with Gasteiger partial charge >= 0.3 is 0 Å². The molecule has 4 nitrogen and oxygen atoms in total. The molecule has 1 aliphatic rings. The van der Waals surface area contributed by atoms with E-state index in [2.05, 4.69) is 4.99 Å². The predicted octanol–water partition coefficient (Wildman–Crippen LogP) is -0.964. The van der Waals surface area contributed by atoms with Crippen LogP contribution >= 0.6 is 0 Å². The molecule has 0 aromatic rings. The maximum Gasteiger partial charge on any atom is 0.238 e. The lowest BCUT2D eigenvalue weighted by Crippen LogP contribution is -2.36. The summed E-state index contributed by atoms with van der Waals surface area (Å²) in [5, 5.41) is 9.84. The first-order chi connectivity index (χ1) is 3.80. The second kappa shape index (κ2) is 1.94. The van der Waals surface area contributed by atoms with Crippen molar-refractivity contribution >= 4 is 6.21 Å². The van der Waals surface area contributed by atoms with E-state index in [0.717, 1.165) is 5.01 Å². The van der Waals surface area contributed by atoms with Crippen LogP contribution in [0, 0.1) is 0 Å². The van der Waals surface area contributed by atoms with Crippen molar-refractivity contribution in [2.75, 3.05) is 0 Å². The fraction of sp³-hybridized carbons (Fsp3) is 0.250. The molecule has 0 bridgehead atoms. The first kappa shape index (κ1) is 5.27. The smallest absolute Gasteiger partial charge is 0.238 e. The molecule has 3 N–H and O–H groups in total. The molecular formula is C4H7N3O. The average Bonchev–Trinajstić information content (AvgIpc) is 1.77. The summed E-state index contributed by atoms with van der Waals surface area (Å²) in [6.07, 6.45) is 3.78. The summed E-state index contributed by atoms with van der Waals surface area (Å²) in [7, 11) is 0. The van der Waals surface area contributed by atoms with Gasteiger partial charge in [-0.1, -0.05) is 0 Å². The molecule has 4 heteroatoms. The number of hydrogen-bond donors (Lipinski definition) is 2. The summed E-state index contributed by atoms with van der Waals surface area (Å²) < 4.78 is 0. The Morgan fingerprint density at radius 2 is 2.50 bits per heavy atom. The minimum Gasteiger partial charge on any atom is -0.354 e. The lowest BCUT2D eigenvalue weighted by molar-refractivity contribution is 0.0445. The summed E-state index contributed by atoms with van der Waals surface area (Å²) in [6.45, 7) is 0. The van der Waals surface area contributed by atoms with Crippen LogP contribution in [0.2, 0.25) is 0 Å². The summed E-state index contributed by atoms with van der Waals surface area (Å²) in [4.78, 5) is 3.56. The Hall–Kier alpha value is -0.870. The standard InChI is InChI=1S/C4H7N3O/c5-7-3-1-2-6-4(7)8/h1-4,8H,5H2. The highest BCUT2D eigenvalue weighted by atomic mass is 16.3. The number of hydrazine groups is 1. The van der Waals surface area contributed by atoms with Gasteiger partial charge in [0, 0.05) is 12.4 Å². The number of aliphatic hydroxyl groups is 1. The molecular weight excluding hydrogens is 106 g/mol. The zero-order valence-electron chi connectivity index (χ0n) is 4.23. The van der Waals surface area contributed by atoms with Crippen LogP contribution in [-0.4, -0.2) is 22.7 Å². The number of allylic oxidation sites excluding steroid dienone is 1. The van der Waals surface area contributed by atoms with Crippen molar-refractivity contribution in [3.8, 4) is 0 Å². The molecule has 8 heavy (non-hydrogen) atoms. The molecule has 1 rings (SSSR count). The van der Waals surface area contributed by atoms with E-state index in [1.165, 1.54) is 12.4 Å². The van der Waals surface area contributed by atoms with Gasteiger partial charge in [0.05, 0.1) is 0 Å². The van der Waals surface area contributed by atoms with Gasteiger partial charge in [-0.3, -0.25) is 5.01 Å². The van der Waals surface area contributed by atoms with Crippen LogP contribution in [0.15, 0.2) is 17.3 Å². The van der Waals surface area contributed by atoms with Crippen LogP contribution in [0.25, 0.3) is 0 Å². The van der Waals surface area contributed by atoms with E-state index in [0.29, 0.717) is 0 Å². The Labute approximate surface area is 46.9 Å². The molecule has 1 atom stereocenters. The van der Waals surface area contributed by atoms with Crippen molar-refractivity contribution in [2.24, 2.45) is 10.8 Å². The number of nitrogens with two attached hydrogens (primary N) is 1. The topological polar surface area (TPSA) is 61.8 Å². The van der Waals surface area contributed by atoms with E-state index in [1.807, 2.05) is 0 Å². The van der Waals surface area contributed by atoms with Gasteiger partial charge in [-0.25, -0.2) is 10.8 Å². The summed E-state index contributed by atoms with van der Waals surface area (Å²) >= 11 is 0. The van der Waals surface area contributed by atoms with Gasteiger partial charge in [0.1, 0.15) is 0 Å². The van der Waals surface area contributed by atoms with Crippen LogP contribution in [0.5, 0.6) is 0 Å². The molecule has 0 fully saturated rings. The first-order valence-corrected chi connectivity index (χ1v) is 2.22. The molecule has 1 unspecified atom stereocenters. The van der Waals surface area contributed by atoms with Gasteiger partial charge in [0.15, 0.2) is 0 Å². The lowest BCUT2D eigenvalue weighted by Gasteiger charge is -2.18. The van der Waals surface area contributed by atoms with Crippen LogP contribution in [0.3, 0.4) is 0 Å². The minimum absolute atomic E-state index is 0.903. The molecule has 0 spiro atoms.